The van der Waals surface area contributed by atoms with E-state index in [0.29, 0.717) is 23.1 Å². The van der Waals surface area contributed by atoms with E-state index >= 15 is 0 Å². The lowest BCUT2D eigenvalue weighted by atomic mass is 9.63. The largest absolute Gasteiger partial charge is 0.295 e. The first-order chi connectivity index (χ1) is 17.3. The Hall–Kier alpha value is -4.14. The molecule has 9 heteroatoms. The average molecular weight is 485 g/mol. The first-order valence-electron chi connectivity index (χ1n) is 12.0. The maximum Gasteiger partial charge on any atom is 0.269 e. The summed E-state index contributed by atoms with van der Waals surface area (Å²) < 4.78 is 0. The van der Waals surface area contributed by atoms with Crippen molar-refractivity contribution in [3.05, 3.63) is 81.9 Å². The molecule has 2 aromatic rings. The van der Waals surface area contributed by atoms with Gasteiger partial charge in [-0.3, -0.25) is 39.1 Å². The van der Waals surface area contributed by atoms with E-state index in [1.54, 1.807) is 24.3 Å². The van der Waals surface area contributed by atoms with Crippen LogP contribution in [0.1, 0.15) is 34.1 Å². The molecule has 4 aliphatic carbocycles. The van der Waals surface area contributed by atoms with Crippen LogP contribution in [-0.4, -0.2) is 40.0 Å². The van der Waals surface area contributed by atoms with E-state index in [0.717, 1.165) is 6.42 Å². The van der Waals surface area contributed by atoms with E-state index in [2.05, 4.69) is 12.2 Å². The number of nitrogens with zero attached hydrogens (tertiary/aromatic N) is 3. The van der Waals surface area contributed by atoms with Gasteiger partial charge < -0.3 is 0 Å². The molecular weight excluding hydrogens is 462 g/mol. The highest BCUT2D eigenvalue weighted by atomic mass is 16.6. The molecule has 182 valence electrons. The van der Waals surface area contributed by atoms with Gasteiger partial charge in [-0.05, 0) is 73.4 Å². The molecule has 7 rings (SSSR count). The predicted octanol–water partition coefficient (Wildman–Crippen LogP) is 3.45. The zero-order chi connectivity index (χ0) is 25.3. The van der Waals surface area contributed by atoms with Crippen molar-refractivity contribution in [2.24, 2.45) is 35.5 Å². The number of benzene rings is 2. The van der Waals surface area contributed by atoms with Gasteiger partial charge in [0.2, 0.25) is 11.8 Å². The summed E-state index contributed by atoms with van der Waals surface area (Å²) in [7, 11) is 0. The van der Waals surface area contributed by atoms with Crippen molar-refractivity contribution < 1.29 is 24.1 Å². The van der Waals surface area contributed by atoms with Gasteiger partial charge in [0.25, 0.3) is 11.6 Å². The summed E-state index contributed by atoms with van der Waals surface area (Å²) in [5.74, 6) is -0.844. The smallest absolute Gasteiger partial charge is 0.269 e. The third-order valence-electron chi connectivity index (χ3n) is 8.19. The second-order valence-corrected chi connectivity index (χ2v) is 10.0. The normalized spacial score (nSPS) is 29.1. The van der Waals surface area contributed by atoms with Gasteiger partial charge in [0.15, 0.2) is 5.78 Å². The molecular formula is C27H23N3O6. The van der Waals surface area contributed by atoms with Crippen LogP contribution in [0.3, 0.4) is 0 Å². The van der Waals surface area contributed by atoms with Gasteiger partial charge >= 0.3 is 0 Å². The fourth-order valence-corrected chi connectivity index (χ4v) is 6.32. The zero-order valence-electron chi connectivity index (χ0n) is 19.4. The van der Waals surface area contributed by atoms with Crippen molar-refractivity contribution in [3.8, 4) is 0 Å². The summed E-state index contributed by atoms with van der Waals surface area (Å²) in [5, 5.41) is 11.0. The number of ketones is 1. The maximum atomic E-state index is 13.6. The zero-order valence-corrected chi connectivity index (χ0v) is 19.4. The molecule has 2 saturated carbocycles. The number of rotatable bonds is 6. The minimum absolute atomic E-state index is 0.0696. The molecule has 1 saturated heterocycles. The Morgan fingerprint density at radius 1 is 0.917 bits per heavy atom. The molecule has 1 heterocycles. The fourth-order valence-electron chi connectivity index (χ4n) is 6.32. The molecule has 6 unspecified atom stereocenters. The summed E-state index contributed by atoms with van der Waals surface area (Å²) in [4.78, 5) is 65.3. The van der Waals surface area contributed by atoms with Crippen molar-refractivity contribution in [3.63, 3.8) is 0 Å². The molecule has 2 bridgehead atoms. The number of hydrogen-bond donors (Lipinski definition) is 0. The van der Waals surface area contributed by atoms with Crippen molar-refractivity contribution in [1.82, 2.24) is 4.90 Å². The van der Waals surface area contributed by atoms with Gasteiger partial charge in [0.1, 0.15) is 6.67 Å². The lowest BCUT2D eigenvalue weighted by Crippen LogP contribution is -2.45. The maximum absolute atomic E-state index is 13.6. The number of anilines is 1. The van der Waals surface area contributed by atoms with E-state index in [9.17, 15) is 29.3 Å². The second kappa shape index (κ2) is 7.94. The number of amides is 3. The lowest BCUT2D eigenvalue weighted by Gasteiger charge is -2.37. The summed E-state index contributed by atoms with van der Waals surface area (Å²) >= 11 is 0. The summed E-state index contributed by atoms with van der Waals surface area (Å²) in [5.41, 5.74) is 0.889. The Morgan fingerprint density at radius 2 is 1.44 bits per heavy atom. The summed E-state index contributed by atoms with van der Waals surface area (Å²) in [6.07, 6.45) is 5.24. The van der Waals surface area contributed by atoms with Gasteiger partial charge in [-0.25, -0.2) is 0 Å². The number of non-ortho nitro benzene ring substituents is 1. The molecule has 36 heavy (non-hydrogen) atoms. The van der Waals surface area contributed by atoms with Crippen LogP contribution in [0.15, 0.2) is 60.7 Å². The van der Waals surface area contributed by atoms with Crippen molar-refractivity contribution >= 4 is 34.9 Å². The van der Waals surface area contributed by atoms with E-state index in [1.165, 1.54) is 41.0 Å². The van der Waals surface area contributed by atoms with Gasteiger partial charge in [0.05, 0.1) is 16.8 Å². The number of Topliss-reactive ketones (excluding diaryl/α,β-unsaturated/α-hetero) is 1. The second-order valence-electron chi connectivity index (χ2n) is 10.0. The Kier molecular flexibility index (Phi) is 4.93. The third kappa shape index (κ3) is 3.30. The number of nitro benzene ring substituents is 1. The highest BCUT2D eigenvalue weighted by molar-refractivity contribution is 6.10. The van der Waals surface area contributed by atoms with Gasteiger partial charge in [-0.1, -0.05) is 12.2 Å². The monoisotopic (exact) mass is 485 g/mol. The Labute approximate surface area is 206 Å². The molecule has 3 fully saturated rings. The number of likely N-dealkylation sites (tertiary alicyclic amines) is 1. The van der Waals surface area contributed by atoms with E-state index in [1.807, 2.05) is 0 Å². The number of carbonyl (C=O) groups excluding carboxylic acids is 4. The molecule has 0 spiro atoms. The minimum Gasteiger partial charge on any atom is -0.295 e. The third-order valence-corrected chi connectivity index (χ3v) is 8.19. The summed E-state index contributed by atoms with van der Waals surface area (Å²) in [6.45, 7) is 1.17. The van der Waals surface area contributed by atoms with Crippen LogP contribution >= 0.6 is 0 Å². The van der Waals surface area contributed by atoms with E-state index < -0.39 is 10.8 Å². The highest BCUT2D eigenvalue weighted by Crippen LogP contribution is 2.65. The molecule has 9 nitrogen and oxygen atoms in total. The Bertz CT molecular complexity index is 1310. The first kappa shape index (κ1) is 22.3. The molecule has 3 amide bonds. The molecule has 0 radical (unpaired) electrons. The van der Waals surface area contributed by atoms with E-state index in [-0.39, 0.29) is 59.2 Å². The quantitative estimate of drug-likeness (QED) is 0.203. The molecule has 6 atom stereocenters. The van der Waals surface area contributed by atoms with Gasteiger partial charge in [-0.15, -0.1) is 0 Å². The number of hydrogen-bond acceptors (Lipinski definition) is 6. The Morgan fingerprint density at radius 3 is 1.94 bits per heavy atom. The van der Waals surface area contributed by atoms with Crippen molar-refractivity contribution in [1.29, 1.82) is 0 Å². The van der Waals surface area contributed by atoms with Crippen LogP contribution in [0.2, 0.25) is 0 Å². The molecule has 2 aromatic carbocycles. The molecule has 0 N–H and O–H groups in total. The van der Waals surface area contributed by atoms with Crippen molar-refractivity contribution in [2.75, 3.05) is 11.6 Å². The number of nitro groups is 1. The van der Waals surface area contributed by atoms with Crippen LogP contribution in [-0.2, 0) is 9.59 Å². The molecule has 0 aromatic heterocycles. The minimum atomic E-state index is -0.553. The number of carbonyl (C=O) groups is 4. The van der Waals surface area contributed by atoms with Gasteiger partial charge in [-0.2, -0.15) is 0 Å². The van der Waals surface area contributed by atoms with Crippen LogP contribution < -0.4 is 4.90 Å². The molecule has 5 aliphatic rings. The van der Waals surface area contributed by atoms with Gasteiger partial charge in [0, 0.05) is 28.9 Å². The number of imide groups is 1. The van der Waals surface area contributed by atoms with E-state index in [4.69, 9.17) is 0 Å². The highest BCUT2D eigenvalue weighted by Gasteiger charge is 2.67. The van der Waals surface area contributed by atoms with Crippen molar-refractivity contribution in [2.45, 2.75) is 13.3 Å². The molecule has 1 aliphatic heterocycles. The lowest BCUT2D eigenvalue weighted by molar-refractivity contribution is -0.384. The van der Waals surface area contributed by atoms with Crippen LogP contribution in [0.4, 0.5) is 11.4 Å². The van der Waals surface area contributed by atoms with Crippen LogP contribution in [0.5, 0.6) is 0 Å². The summed E-state index contributed by atoms with van der Waals surface area (Å²) in [6, 6.07) is 11.5. The number of allylic oxidation sites excluding steroid dienone is 2. The average Bonchev–Trinajstić information content (AvgIpc) is 3.67. The SMILES string of the molecule is CC(=O)c1ccc(N(CN2C(=O)C3C4C=CC(C5CC45)C3C2=O)C(=O)c2ccc([N+](=O)[O-])cc2)cc1. The predicted molar refractivity (Wildman–Crippen MR) is 128 cm³/mol. The van der Waals surface area contributed by atoms with Crippen LogP contribution in [0.25, 0.3) is 0 Å². The Balaban J connectivity index is 1.33. The fraction of sp³-hybridized carbons (Fsp3) is 0.333. The van der Waals surface area contributed by atoms with Crippen LogP contribution in [0, 0.1) is 45.6 Å². The standard InChI is InChI=1S/C27H23N3O6/c1-14(31)15-2-6-17(7-3-15)28(25(32)16-4-8-18(9-5-16)30(35)36)13-29-26(33)23-19-10-11-20(22-12-21(19)22)24(23)27(29)34/h2-11,19-24H,12-13H2,1H3. The first-order valence-corrected chi connectivity index (χ1v) is 12.0. The topological polar surface area (TPSA) is 118 Å².